The van der Waals surface area contributed by atoms with Gasteiger partial charge in [-0.05, 0) is 44.2 Å². The van der Waals surface area contributed by atoms with E-state index in [0.29, 0.717) is 17.0 Å². The smallest absolute Gasteiger partial charge is 0.266 e. The van der Waals surface area contributed by atoms with Gasteiger partial charge in [0.05, 0.1) is 7.11 Å². The van der Waals surface area contributed by atoms with Gasteiger partial charge in [0.1, 0.15) is 17.4 Å². The van der Waals surface area contributed by atoms with Gasteiger partial charge in [-0.15, -0.1) is 0 Å². The molecule has 0 aromatic heterocycles. The van der Waals surface area contributed by atoms with Crippen LogP contribution in [0, 0.1) is 11.3 Å². The Bertz CT molecular complexity index is 819. The molecule has 26 heavy (non-hydrogen) atoms. The third kappa shape index (κ3) is 4.64. The van der Waals surface area contributed by atoms with Crippen molar-refractivity contribution in [3.8, 4) is 11.8 Å². The molecule has 1 amide bonds. The second-order valence-electron chi connectivity index (χ2n) is 5.59. The van der Waals surface area contributed by atoms with E-state index in [2.05, 4.69) is 24.1 Å². The van der Waals surface area contributed by atoms with E-state index in [0.717, 1.165) is 18.8 Å². The Balaban J connectivity index is 2.30. The molecule has 5 nitrogen and oxygen atoms in total. The summed E-state index contributed by atoms with van der Waals surface area (Å²) in [5, 5.41) is 12.1. The van der Waals surface area contributed by atoms with E-state index < -0.39 is 5.91 Å². The summed E-state index contributed by atoms with van der Waals surface area (Å²) in [6, 6.07) is 16.7. The van der Waals surface area contributed by atoms with Crippen molar-refractivity contribution in [3.63, 3.8) is 0 Å². The van der Waals surface area contributed by atoms with Gasteiger partial charge in [0.25, 0.3) is 5.91 Å². The number of hydrogen-bond acceptors (Lipinski definition) is 4. The minimum absolute atomic E-state index is 0.0164. The van der Waals surface area contributed by atoms with Gasteiger partial charge in [0.2, 0.25) is 0 Å². The Morgan fingerprint density at radius 3 is 2.46 bits per heavy atom. The van der Waals surface area contributed by atoms with Crippen molar-refractivity contribution in [3.05, 3.63) is 59.7 Å². The van der Waals surface area contributed by atoms with Crippen molar-refractivity contribution in [1.29, 1.82) is 5.26 Å². The number of para-hydroxylation sites is 1. The summed E-state index contributed by atoms with van der Waals surface area (Å²) >= 11 is 0. The van der Waals surface area contributed by atoms with Gasteiger partial charge in [-0.1, -0.05) is 18.2 Å². The fourth-order valence-electron chi connectivity index (χ4n) is 2.63. The first kappa shape index (κ1) is 19.1. The zero-order chi connectivity index (χ0) is 18.9. The predicted molar refractivity (Wildman–Crippen MR) is 105 cm³/mol. The molecule has 0 aliphatic rings. The zero-order valence-corrected chi connectivity index (χ0v) is 15.3. The summed E-state index contributed by atoms with van der Waals surface area (Å²) in [6.07, 6.45) is 1.54. The third-order valence-corrected chi connectivity index (χ3v) is 4.04. The number of rotatable bonds is 7. The molecule has 0 fully saturated rings. The Morgan fingerprint density at radius 2 is 1.88 bits per heavy atom. The van der Waals surface area contributed by atoms with Crippen LogP contribution in [0.5, 0.6) is 5.75 Å². The molecule has 0 saturated carbocycles. The van der Waals surface area contributed by atoms with Crippen LogP contribution in [0.4, 0.5) is 11.4 Å². The second kappa shape index (κ2) is 9.28. The van der Waals surface area contributed by atoms with Gasteiger partial charge in [0, 0.05) is 36.1 Å². The van der Waals surface area contributed by atoms with Gasteiger partial charge in [-0.3, -0.25) is 4.79 Å². The van der Waals surface area contributed by atoms with E-state index in [1.165, 1.54) is 0 Å². The van der Waals surface area contributed by atoms with E-state index in [9.17, 15) is 10.1 Å². The topological polar surface area (TPSA) is 65.4 Å². The van der Waals surface area contributed by atoms with E-state index in [1.807, 2.05) is 42.5 Å². The van der Waals surface area contributed by atoms with Crippen LogP contribution in [0.1, 0.15) is 19.4 Å². The lowest BCUT2D eigenvalue weighted by atomic mass is 10.1. The Morgan fingerprint density at radius 1 is 1.19 bits per heavy atom. The SMILES string of the molecule is CCN(CC)c1ccc(C=C(C#N)C(=O)Nc2ccccc2)c(OC)c1. The quantitative estimate of drug-likeness (QED) is 0.604. The van der Waals surface area contributed by atoms with Crippen molar-refractivity contribution >= 4 is 23.4 Å². The van der Waals surface area contributed by atoms with Crippen molar-refractivity contribution in [2.45, 2.75) is 13.8 Å². The summed E-state index contributed by atoms with van der Waals surface area (Å²) in [4.78, 5) is 14.6. The summed E-state index contributed by atoms with van der Waals surface area (Å²) in [5.74, 6) is 0.170. The van der Waals surface area contributed by atoms with Crippen molar-refractivity contribution in [1.82, 2.24) is 0 Å². The Kier molecular flexibility index (Phi) is 6.81. The van der Waals surface area contributed by atoms with Crippen molar-refractivity contribution in [2.24, 2.45) is 0 Å². The van der Waals surface area contributed by atoms with Gasteiger partial charge in [-0.2, -0.15) is 5.26 Å². The number of hydrogen-bond donors (Lipinski definition) is 1. The summed E-state index contributed by atoms with van der Waals surface area (Å²) < 4.78 is 5.46. The number of anilines is 2. The number of amides is 1. The number of benzene rings is 2. The van der Waals surface area contributed by atoms with E-state index in [1.54, 1.807) is 25.3 Å². The van der Waals surface area contributed by atoms with E-state index >= 15 is 0 Å². The molecule has 1 N–H and O–H groups in total. The maximum Gasteiger partial charge on any atom is 0.266 e. The minimum atomic E-state index is -0.450. The number of methoxy groups -OCH3 is 1. The molecule has 0 aliphatic heterocycles. The van der Waals surface area contributed by atoms with Gasteiger partial charge >= 0.3 is 0 Å². The maximum absolute atomic E-state index is 12.4. The summed E-state index contributed by atoms with van der Waals surface area (Å²) in [6.45, 7) is 5.95. The standard InChI is InChI=1S/C21H23N3O2/c1-4-24(5-2)19-12-11-16(20(14-19)26-3)13-17(15-22)21(25)23-18-9-7-6-8-10-18/h6-14H,4-5H2,1-3H3,(H,23,25). The number of carbonyl (C=O) groups excluding carboxylic acids is 1. The van der Waals surface area contributed by atoms with Crippen LogP contribution in [-0.4, -0.2) is 26.1 Å². The number of nitriles is 1. The van der Waals surface area contributed by atoms with Gasteiger partial charge in [0.15, 0.2) is 0 Å². The van der Waals surface area contributed by atoms with Crippen LogP contribution in [0.2, 0.25) is 0 Å². The highest BCUT2D eigenvalue weighted by Crippen LogP contribution is 2.27. The number of carbonyl (C=O) groups is 1. The average molecular weight is 349 g/mol. The second-order valence-corrected chi connectivity index (χ2v) is 5.59. The lowest BCUT2D eigenvalue weighted by Gasteiger charge is -2.22. The molecule has 0 aliphatic carbocycles. The lowest BCUT2D eigenvalue weighted by Crippen LogP contribution is -2.21. The number of nitrogens with one attached hydrogen (secondary N) is 1. The van der Waals surface area contributed by atoms with Crippen LogP contribution < -0.4 is 15.0 Å². The largest absolute Gasteiger partial charge is 0.496 e. The average Bonchev–Trinajstić information content (AvgIpc) is 2.68. The molecule has 0 unspecified atom stereocenters. The van der Waals surface area contributed by atoms with Gasteiger partial charge < -0.3 is 15.0 Å². The van der Waals surface area contributed by atoms with Crippen molar-refractivity contribution in [2.75, 3.05) is 30.4 Å². The first-order valence-corrected chi connectivity index (χ1v) is 8.54. The molecule has 2 aromatic rings. The zero-order valence-electron chi connectivity index (χ0n) is 15.3. The molecular formula is C21H23N3O2. The Hall–Kier alpha value is -3.26. The van der Waals surface area contributed by atoms with E-state index in [4.69, 9.17) is 4.74 Å². The third-order valence-electron chi connectivity index (χ3n) is 4.04. The van der Waals surface area contributed by atoms with Crippen LogP contribution in [0.3, 0.4) is 0 Å². The van der Waals surface area contributed by atoms with Crippen molar-refractivity contribution < 1.29 is 9.53 Å². The monoisotopic (exact) mass is 349 g/mol. The Labute approximate surface area is 154 Å². The maximum atomic E-state index is 12.4. The molecule has 0 radical (unpaired) electrons. The normalized spacial score (nSPS) is 10.8. The predicted octanol–water partition coefficient (Wildman–Crippen LogP) is 4.09. The highest BCUT2D eigenvalue weighted by Gasteiger charge is 2.12. The summed E-state index contributed by atoms with van der Waals surface area (Å²) in [7, 11) is 1.58. The summed E-state index contributed by atoms with van der Waals surface area (Å²) in [5.41, 5.74) is 2.38. The fourth-order valence-corrected chi connectivity index (χ4v) is 2.63. The first-order chi connectivity index (χ1) is 12.6. The fraction of sp³-hybridized carbons (Fsp3) is 0.238. The molecule has 2 aromatic carbocycles. The van der Waals surface area contributed by atoms with Gasteiger partial charge in [-0.25, -0.2) is 0 Å². The molecule has 0 atom stereocenters. The molecule has 0 spiro atoms. The lowest BCUT2D eigenvalue weighted by molar-refractivity contribution is -0.112. The van der Waals surface area contributed by atoms with Crippen LogP contribution >= 0.6 is 0 Å². The molecule has 0 bridgehead atoms. The van der Waals surface area contributed by atoms with E-state index in [-0.39, 0.29) is 5.57 Å². The number of nitrogens with zero attached hydrogens (tertiary/aromatic N) is 2. The van der Waals surface area contributed by atoms with Crippen LogP contribution in [0.15, 0.2) is 54.1 Å². The molecule has 0 heterocycles. The van der Waals surface area contributed by atoms with Crippen LogP contribution in [0.25, 0.3) is 6.08 Å². The molecule has 5 heteroatoms. The highest BCUT2D eigenvalue weighted by atomic mass is 16.5. The number of ether oxygens (including phenoxy) is 1. The van der Waals surface area contributed by atoms with Crippen LogP contribution in [-0.2, 0) is 4.79 Å². The molecular weight excluding hydrogens is 326 g/mol. The molecule has 0 saturated heterocycles. The molecule has 134 valence electrons. The molecule has 2 rings (SSSR count). The minimum Gasteiger partial charge on any atom is -0.496 e. The first-order valence-electron chi connectivity index (χ1n) is 8.54. The highest BCUT2D eigenvalue weighted by molar-refractivity contribution is 6.09.